The SMILES string of the molecule is CC(C)CNCCC=CCc1ncnn1C(C)C. The summed E-state index contributed by atoms with van der Waals surface area (Å²) < 4.78 is 1.97. The van der Waals surface area contributed by atoms with E-state index in [1.807, 2.05) is 4.68 Å². The van der Waals surface area contributed by atoms with Gasteiger partial charge in [0.2, 0.25) is 0 Å². The van der Waals surface area contributed by atoms with Crippen molar-refractivity contribution in [3.8, 4) is 0 Å². The first kappa shape index (κ1) is 14.9. The summed E-state index contributed by atoms with van der Waals surface area (Å²) in [6, 6.07) is 0.378. The van der Waals surface area contributed by atoms with E-state index in [0.717, 1.165) is 37.7 Å². The van der Waals surface area contributed by atoms with E-state index in [4.69, 9.17) is 0 Å². The summed E-state index contributed by atoms with van der Waals surface area (Å²) in [6.45, 7) is 10.8. The van der Waals surface area contributed by atoms with Crippen LogP contribution in [0.5, 0.6) is 0 Å². The second kappa shape index (κ2) is 8.03. The van der Waals surface area contributed by atoms with Crippen LogP contribution in [0.15, 0.2) is 18.5 Å². The molecule has 0 spiro atoms. The second-order valence-electron chi connectivity index (χ2n) is 5.28. The minimum absolute atomic E-state index is 0.378. The lowest BCUT2D eigenvalue weighted by molar-refractivity contribution is 0.511. The maximum Gasteiger partial charge on any atom is 0.138 e. The van der Waals surface area contributed by atoms with E-state index in [1.165, 1.54) is 0 Å². The van der Waals surface area contributed by atoms with Gasteiger partial charge >= 0.3 is 0 Å². The zero-order chi connectivity index (χ0) is 13.4. The molecule has 0 aromatic carbocycles. The van der Waals surface area contributed by atoms with Crippen LogP contribution >= 0.6 is 0 Å². The van der Waals surface area contributed by atoms with Crippen LogP contribution in [0, 0.1) is 5.92 Å². The fraction of sp³-hybridized carbons (Fsp3) is 0.714. The van der Waals surface area contributed by atoms with Crippen LogP contribution in [0.4, 0.5) is 0 Å². The highest BCUT2D eigenvalue weighted by atomic mass is 15.3. The van der Waals surface area contributed by atoms with Crippen LogP contribution in [0.2, 0.25) is 0 Å². The van der Waals surface area contributed by atoms with Gasteiger partial charge in [0.1, 0.15) is 12.2 Å². The van der Waals surface area contributed by atoms with Gasteiger partial charge in [0, 0.05) is 12.5 Å². The molecule has 0 fully saturated rings. The molecule has 0 bridgehead atoms. The van der Waals surface area contributed by atoms with Gasteiger partial charge in [-0.15, -0.1) is 0 Å². The molecular formula is C14H26N4. The zero-order valence-corrected chi connectivity index (χ0v) is 12.1. The van der Waals surface area contributed by atoms with Crippen molar-refractivity contribution in [3.63, 3.8) is 0 Å². The molecule has 0 aliphatic carbocycles. The van der Waals surface area contributed by atoms with Crippen LogP contribution < -0.4 is 5.32 Å². The van der Waals surface area contributed by atoms with Gasteiger partial charge in [-0.3, -0.25) is 0 Å². The molecular weight excluding hydrogens is 224 g/mol. The van der Waals surface area contributed by atoms with Gasteiger partial charge in [-0.25, -0.2) is 9.67 Å². The molecule has 0 radical (unpaired) electrons. The molecule has 1 aromatic rings. The lowest BCUT2D eigenvalue weighted by atomic mass is 10.2. The Labute approximate surface area is 110 Å². The van der Waals surface area contributed by atoms with E-state index in [-0.39, 0.29) is 0 Å². The summed E-state index contributed by atoms with van der Waals surface area (Å²) in [4.78, 5) is 4.28. The van der Waals surface area contributed by atoms with Crippen molar-refractivity contribution in [3.05, 3.63) is 24.3 Å². The topological polar surface area (TPSA) is 42.7 Å². The minimum Gasteiger partial charge on any atom is -0.316 e. The average molecular weight is 250 g/mol. The van der Waals surface area contributed by atoms with E-state index < -0.39 is 0 Å². The number of hydrogen-bond donors (Lipinski definition) is 1. The van der Waals surface area contributed by atoms with E-state index in [2.05, 4.69) is 55.2 Å². The Morgan fingerprint density at radius 3 is 2.72 bits per heavy atom. The van der Waals surface area contributed by atoms with E-state index in [9.17, 15) is 0 Å². The third kappa shape index (κ3) is 5.45. The Morgan fingerprint density at radius 2 is 2.06 bits per heavy atom. The first-order chi connectivity index (χ1) is 8.61. The predicted molar refractivity (Wildman–Crippen MR) is 75.6 cm³/mol. The van der Waals surface area contributed by atoms with E-state index in [1.54, 1.807) is 6.33 Å². The Hall–Kier alpha value is -1.16. The van der Waals surface area contributed by atoms with Crippen LogP contribution in [0.3, 0.4) is 0 Å². The molecule has 4 nitrogen and oxygen atoms in total. The monoisotopic (exact) mass is 250 g/mol. The molecule has 0 aliphatic heterocycles. The number of allylic oxidation sites excluding steroid dienone is 1. The summed E-state index contributed by atoms with van der Waals surface area (Å²) in [7, 11) is 0. The number of rotatable bonds is 8. The molecule has 0 aliphatic rings. The van der Waals surface area contributed by atoms with Gasteiger partial charge in [0.05, 0.1) is 0 Å². The maximum atomic E-state index is 4.28. The van der Waals surface area contributed by atoms with E-state index in [0.29, 0.717) is 6.04 Å². The summed E-state index contributed by atoms with van der Waals surface area (Å²) in [5.41, 5.74) is 0. The summed E-state index contributed by atoms with van der Waals surface area (Å²) in [5, 5.41) is 7.65. The summed E-state index contributed by atoms with van der Waals surface area (Å²) in [6.07, 6.45) is 7.96. The average Bonchev–Trinajstić information content (AvgIpc) is 2.75. The summed E-state index contributed by atoms with van der Waals surface area (Å²) >= 11 is 0. The highest BCUT2D eigenvalue weighted by molar-refractivity contribution is 4.96. The molecule has 102 valence electrons. The predicted octanol–water partition coefficient (Wildman–Crippen LogP) is 2.59. The first-order valence-electron chi connectivity index (χ1n) is 6.85. The third-order valence-electron chi connectivity index (χ3n) is 2.64. The molecule has 18 heavy (non-hydrogen) atoms. The van der Waals surface area contributed by atoms with Gasteiger partial charge in [-0.1, -0.05) is 26.0 Å². The van der Waals surface area contributed by atoms with Crippen LogP contribution in [0.1, 0.15) is 46.0 Å². The highest BCUT2D eigenvalue weighted by Crippen LogP contribution is 2.06. The Bertz CT molecular complexity index is 352. The van der Waals surface area contributed by atoms with Gasteiger partial charge in [-0.05, 0) is 39.3 Å². The zero-order valence-electron chi connectivity index (χ0n) is 12.1. The van der Waals surface area contributed by atoms with Crippen LogP contribution in [-0.4, -0.2) is 27.9 Å². The van der Waals surface area contributed by atoms with Crippen molar-refractivity contribution in [2.24, 2.45) is 5.92 Å². The van der Waals surface area contributed by atoms with E-state index >= 15 is 0 Å². The fourth-order valence-corrected chi connectivity index (χ4v) is 1.73. The van der Waals surface area contributed by atoms with Crippen molar-refractivity contribution in [1.82, 2.24) is 20.1 Å². The van der Waals surface area contributed by atoms with Crippen molar-refractivity contribution >= 4 is 0 Å². The number of hydrogen-bond acceptors (Lipinski definition) is 3. The Morgan fingerprint density at radius 1 is 1.28 bits per heavy atom. The smallest absolute Gasteiger partial charge is 0.138 e. The Balaban J connectivity index is 2.22. The lowest BCUT2D eigenvalue weighted by Gasteiger charge is -2.07. The van der Waals surface area contributed by atoms with Gasteiger partial charge in [0.15, 0.2) is 0 Å². The van der Waals surface area contributed by atoms with Crippen LogP contribution in [0.25, 0.3) is 0 Å². The van der Waals surface area contributed by atoms with Crippen LogP contribution in [-0.2, 0) is 6.42 Å². The van der Waals surface area contributed by atoms with Crippen molar-refractivity contribution in [2.75, 3.05) is 13.1 Å². The molecule has 0 saturated carbocycles. The molecule has 4 heteroatoms. The van der Waals surface area contributed by atoms with Crippen molar-refractivity contribution < 1.29 is 0 Å². The molecule has 0 atom stereocenters. The molecule has 0 saturated heterocycles. The maximum absolute atomic E-state index is 4.28. The van der Waals surface area contributed by atoms with Gasteiger partial charge in [0.25, 0.3) is 0 Å². The molecule has 1 aromatic heterocycles. The third-order valence-corrected chi connectivity index (χ3v) is 2.64. The number of aromatic nitrogens is 3. The molecule has 1 rings (SSSR count). The van der Waals surface area contributed by atoms with Crippen molar-refractivity contribution in [2.45, 2.75) is 46.6 Å². The minimum atomic E-state index is 0.378. The molecule has 1 N–H and O–H groups in total. The molecule has 0 amide bonds. The van der Waals surface area contributed by atoms with Crippen molar-refractivity contribution in [1.29, 1.82) is 0 Å². The standard InChI is InChI=1S/C14H26N4/c1-12(2)10-15-9-7-5-6-8-14-16-11-17-18(14)13(3)4/h5-6,11-13,15H,7-10H2,1-4H3. The quantitative estimate of drug-likeness (QED) is 0.569. The Kier molecular flexibility index (Phi) is 6.65. The van der Waals surface area contributed by atoms with Gasteiger partial charge < -0.3 is 5.32 Å². The normalized spacial score (nSPS) is 12.1. The largest absolute Gasteiger partial charge is 0.316 e. The van der Waals surface area contributed by atoms with Gasteiger partial charge in [-0.2, -0.15) is 5.10 Å². The molecule has 0 unspecified atom stereocenters. The lowest BCUT2D eigenvalue weighted by Crippen LogP contribution is -2.20. The second-order valence-corrected chi connectivity index (χ2v) is 5.28. The first-order valence-corrected chi connectivity index (χ1v) is 6.85. The fourth-order valence-electron chi connectivity index (χ4n) is 1.73. The number of nitrogens with zero attached hydrogens (tertiary/aromatic N) is 3. The highest BCUT2D eigenvalue weighted by Gasteiger charge is 2.04. The summed E-state index contributed by atoms with van der Waals surface area (Å²) in [5.74, 6) is 1.76. The molecule has 1 heterocycles. The number of nitrogens with one attached hydrogen (secondary N) is 1.